The predicted octanol–water partition coefficient (Wildman–Crippen LogP) is 2.55. The average molecular weight is 258 g/mol. The van der Waals surface area contributed by atoms with Gasteiger partial charge in [-0.25, -0.2) is 0 Å². The molecule has 0 radical (unpaired) electrons. The van der Waals surface area contributed by atoms with Gasteiger partial charge in [-0.05, 0) is 31.0 Å². The van der Waals surface area contributed by atoms with Gasteiger partial charge in [0, 0.05) is 19.1 Å². The summed E-state index contributed by atoms with van der Waals surface area (Å²) in [5.41, 5.74) is -0.236. The molecule has 0 saturated carbocycles. The first-order chi connectivity index (χ1) is 8.57. The second kappa shape index (κ2) is 5.71. The molecule has 0 amide bonds. The van der Waals surface area contributed by atoms with E-state index in [0.717, 1.165) is 25.5 Å². The Hall–Kier alpha value is -1.07. The monoisotopic (exact) mass is 258 g/mol. The maximum absolute atomic E-state index is 12.7. The highest BCUT2D eigenvalue weighted by Crippen LogP contribution is 2.31. The van der Waals surface area contributed by atoms with Crippen molar-refractivity contribution in [2.45, 2.75) is 31.6 Å². The van der Waals surface area contributed by atoms with E-state index in [1.54, 1.807) is 6.07 Å². The Morgan fingerprint density at radius 1 is 1.28 bits per heavy atom. The zero-order valence-corrected chi connectivity index (χ0v) is 10.1. The topological polar surface area (TPSA) is 24.1 Å². The van der Waals surface area contributed by atoms with Crippen LogP contribution in [0.2, 0.25) is 0 Å². The SMILES string of the molecule is FC(F)(F)c1ccccc1CNCC1CCCN1. The average Bonchev–Trinajstić information content (AvgIpc) is 2.81. The third kappa shape index (κ3) is 3.46. The molecule has 1 atom stereocenters. The van der Waals surface area contributed by atoms with Crippen LogP contribution in [0.5, 0.6) is 0 Å². The van der Waals surface area contributed by atoms with Gasteiger partial charge in [0.05, 0.1) is 5.56 Å². The van der Waals surface area contributed by atoms with E-state index in [1.165, 1.54) is 12.1 Å². The molecule has 2 N–H and O–H groups in total. The van der Waals surface area contributed by atoms with Crippen molar-refractivity contribution < 1.29 is 13.2 Å². The maximum Gasteiger partial charge on any atom is 0.416 e. The number of halogens is 3. The van der Waals surface area contributed by atoms with Crippen LogP contribution in [0.4, 0.5) is 13.2 Å². The fraction of sp³-hybridized carbons (Fsp3) is 0.538. The van der Waals surface area contributed by atoms with Crippen molar-refractivity contribution in [3.8, 4) is 0 Å². The molecule has 1 heterocycles. The quantitative estimate of drug-likeness (QED) is 0.867. The van der Waals surface area contributed by atoms with Crippen LogP contribution in [0.3, 0.4) is 0 Å². The summed E-state index contributed by atoms with van der Waals surface area (Å²) in [6.45, 7) is 1.98. The number of alkyl halides is 3. The third-order valence-corrected chi connectivity index (χ3v) is 3.19. The van der Waals surface area contributed by atoms with Crippen molar-refractivity contribution in [3.63, 3.8) is 0 Å². The van der Waals surface area contributed by atoms with Crippen LogP contribution in [0, 0.1) is 0 Å². The molecule has 100 valence electrons. The first-order valence-corrected chi connectivity index (χ1v) is 6.16. The summed E-state index contributed by atoms with van der Waals surface area (Å²) in [4.78, 5) is 0. The molecule has 0 aliphatic carbocycles. The highest BCUT2D eigenvalue weighted by Gasteiger charge is 2.32. The molecular formula is C13H17F3N2. The van der Waals surface area contributed by atoms with Gasteiger partial charge in [-0.1, -0.05) is 18.2 Å². The lowest BCUT2D eigenvalue weighted by atomic mass is 10.1. The van der Waals surface area contributed by atoms with E-state index in [4.69, 9.17) is 0 Å². The van der Waals surface area contributed by atoms with Crippen LogP contribution in [-0.2, 0) is 12.7 Å². The minimum absolute atomic E-state index is 0.258. The zero-order chi connectivity index (χ0) is 13.0. The van der Waals surface area contributed by atoms with Gasteiger partial charge in [0.25, 0.3) is 0 Å². The van der Waals surface area contributed by atoms with Crippen LogP contribution in [-0.4, -0.2) is 19.1 Å². The van der Waals surface area contributed by atoms with Crippen LogP contribution in [0.1, 0.15) is 24.0 Å². The number of hydrogen-bond donors (Lipinski definition) is 2. The normalized spacial score (nSPS) is 20.3. The Labute approximate surface area is 105 Å². The lowest BCUT2D eigenvalue weighted by Crippen LogP contribution is -2.33. The molecule has 2 rings (SSSR count). The van der Waals surface area contributed by atoms with Crippen molar-refractivity contribution in [3.05, 3.63) is 35.4 Å². The van der Waals surface area contributed by atoms with E-state index >= 15 is 0 Å². The van der Waals surface area contributed by atoms with Crippen molar-refractivity contribution in [1.82, 2.24) is 10.6 Å². The minimum Gasteiger partial charge on any atom is -0.313 e. The third-order valence-electron chi connectivity index (χ3n) is 3.19. The van der Waals surface area contributed by atoms with E-state index in [9.17, 15) is 13.2 Å². The molecule has 0 spiro atoms. The van der Waals surface area contributed by atoms with Gasteiger partial charge in [-0.2, -0.15) is 13.2 Å². The van der Waals surface area contributed by atoms with E-state index in [1.807, 2.05) is 0 Å². The van der Waals surface area contributed by atoms with Gasteiger partial charge in [0.15, 0.2) is 0 Å². The van der Waals surface area contributed by atoms with Crippen LogP contribution in [0.25, 0.3) is 0 Å². The molecular weight excluding hydrogens is 241 g/mol. The molecule has 2 nitrogen and oxygen atoms in total. The Morgan fingerprint density at radius 2 is 2.06 bits per heavy atom. The van der Waals surface area contributed by atoms with Crippen molar-refractivity contribution in [2.75, 3.05) is 13.1 Å². The van der Waals surface area contributed by atoms with Gasteiger partial charge < -0.3 is 10.6 Å². The number of rotatable bonds is 4. The number of hydrogen-bond acceptors (Lipinski definition) is 2. The van der Waals surface area contributed by atoms with E-state index in [0.29, 0.717) is 18.2 Å². The molecule has 0 aromatic heterocycles. The van der Waals surface area contributed by atoms with Gasteiger partial charge in [0.2, 0.25) is 0 Å². The summed E-state index contributed by atoms with van der Waals surface area (Å²) in [6.07, 6.45) is -2.04. The number of benzene rings is 1. The molecule has 1 saturated heterocycles. The molecule has 0 bridgehead atoms. The summed E-state index contributed by atoms with van der Waals surface area (Å²) in [6, 6.07) is 6.11. The number of nitrogens with one attached hydrogen (secondary N) is 2. The second-order valence-corrected chi connectivity index (χ2v) is 4.58. The lowest BCUT2D eigenvalue weighted by molar-refractivity contribution is -0.138. The Balaban J connectivity index is 1.92. The first-order valence-electron chi connectivity index (χ1n) is 6.16. The van der Waals surface area contributed by atoms with Gasteiger partial charge >= 0.3 is 6.18 Å². The summed E-state index contributed by atoms with van der Waals surface area (Å²) < 4.78 is 38.2. The molecule has 5 heteroatoms. The predicted molar refractivity (Wildman–Crippen MR) is 64.2 cm³/mol. The smallest absolute Gasteiger partial charge is 0.313 e. The van der Waals surface area contributed by atoms with Crippen LogP contribution >= 0.6 is 0 Å². The standard InChI is InChI=1S/C13H17F3N2/c14-13(15,16)12-6-2-1-4-10(12)8-17-9-11-5-3-7-18-11/h1-2,4,6,11,17-18H,3,5,7-9H2. The fourth-order valence-electron chi connectivity index (χ4n) is 2.26. The Morgan fingerprint density at radius 3 is 2.72 bits per heavy atom. The first kappa shape index (κ1) is 13.4. The Kier molecular flexibility index (Phi) is 4.24. The molecule has 18 heavy (non-hydrogen) atoms. The largest absolute Gasteiger partial charge is 0.416 e. The summed E-state index contributed by atoms with van der Waals surface area (Å²) >= 11 is 0. The minimum atomic E-state index is -4.27. The fourth-order valence-corrected chi connectivity index (χ4v) is 2.26. The van der Waals surface area contributed by atoms with E-state index < -0.39 is 11.7 Å². The zero-order valence-electron chi connectivity index (χ0n) is 10.1. The summed E-state index contributed by atoms with van der Waals surface area (Å²) in [5, 5.41) is 6.40. The van der Waals surface area contributed by atoms with Gasteiger partial charge in [-0.15, -0.1) is 0 Å². The van der Waals surface area contributed by atoms with Crippen LogP contribution in [0.15, 0.2) is 24.3 Å². The summed E-state index contributed by atoms with van der Waals surface area (Å²) in [7, 11) is 0. The highest BCUT2D eigenvalue weighted by molar-refractivity contribution is 5.29. The molecule has 1 aliphatic heterocycles. The van der Waals surface area contributed by atoms with Gasteiger partial charge in [0.1, 0.15) is 0 Å². The molecule has 1 fully saturated rings. The summed E-state index contributed by atoms with van der Waals surface area (Å²) in [5.74, 6) is 0. The second-order valence-electron chi connectivity index (χ2n) is 4.58. The highest BCUT2D eigenvalue weighted by atomic mass is 19.4. The molecule has 1 aromatic rings. The van der Waals surface area contributed by atoms with Crippen molar-refractivity contribution in [1.29, 1.82) is 0 Å². The van der Waals surface area contributed by atoms with Crippen LogP contribution < -0.4 is 10.6 Å². The molecule has 1 aliphatic rings. The molecule has 1 unspecified atom stereocenters. The van der Waals surface area contributed by atoms with Crippen molar-refractivity contribution >= 4 is 0 Å². The maximum atomic E-state index is 12.7. The van der Waals surface area contributed by atoms with E-state index in [-0.39, 0.29) is 6.54 Å². The lowest BCUT2D eigenvalue weighted by Gasteiger charge is -2.15. The Bertz CT molecular complexity index is 384. The molecule has 1 aromatic carbocycles. The van der Waals surface area contributed by atoms with E-state index in [2.05, 4.69) is 10.6 Å². The van der Waals surface area contributed by atoms with Gasteiger partial charge in [-0.3, -0.25) is 0 Å². The van der Waals surface area contributed by atoms with Crippen molar-refractivity contribution in [2.24, 2.45) is 0 Å².